The molecule has 1 amide bonds. The molecule has 1 aromatic rings. The largest absolute Gasteiger partial charge is 0.478 e. The number of benzene rings is 1. The Morgan fingerprint density at radius 3 is 2.85 bits per heavy atom. The van der Waals surface area contributed by atoms with E-state index in [1.54, 1.807) is 0 Å². The van der Waals surface area contributed by atoms with Gasteiger partial charge in [-0.2, -0.15) is 0 Å². The monoisotopic (exact) mass is 279 g/mol. The van der Waals surface area contributed by atoms with Gasteiger partial charge < -0.3 is 15.3 Å². The lowest BCUT2D eigenvalue weighted by molar-refractivity contribution is -0.384. The molecule has 1 fully saturated rings. The molecule has 106 valence electrons. The predicted molar refractivity (Wildman–Crippen MR) is 69.9 cm³/mol. The van der Waals surface area contributed by atoms with Crippen molar-refractivity contribution in [2.75, 3.05) is 24.5 Å². The van der Waals surface area contributed by atoms with Gasteiger partial charge in [0.1, 0.15) is 5.69 Å². The molecular formula is C12H13N3O5. The molecule has 8 heteroatoms. The Labute approximate surface area is 114 Å². The number of nitro benzene ring substituents is 1. The Bertz CT molecular complexity index is 540. The van der Waals surface area contributed by atoms with Gasteiger partial charge >= 0.3 is 5.97 Å². The standard InChI is InChI=1S/C12H13N3O5/c16-10-7-14(6-2-5-13-10)11-8(12(17)18)3-1-4-9(11)15(19)20/h1,3-4H,2,5-7H2,(H,13,16)(H,17,18). The number of carboxylic acids is 1. The molecule has 8 nitrogen and oxygen atoms in total. The van der Waals surface area contributed by atoms with Crippen molar-refractivity contribution in [1.82, 2.24) is 5.32 Å². The van der Waals surface area contributed by atoms with Crippen LogP contribution in [0.3, 0.4) is 0 Å². The van der Waals surface area contributed by atoms with E-state index in [9.17, 15) is 24.8 Å². The van der Waals surface area contributed by atoms with Crippen LogP contribution >= 0.6 is 0 Å². The number of hydrogen-bond acceptors (Lipinski definition) is 5. The molecule has 0 spiro atoms. The number of anilines is 1. The van der Waals surface area contributed by atoms with E-state index in [1.807, 2.05) is 0 Å². The molecule has 1 aromatic carbocycles. The van der Waals surface area contributed by atoms with Crippen molar-refractivity contribution >= 4 is 23.3 Å². The fourth-order valence-electron chi connectivity index (χ4n) is 2.18. The van der Waals surface area contributed by atoms with Gasteiger partial charge in [-0.3, -0.25) is 14.9 Å². The average molecular weight is 279 g/mol. The van der Waals surface area contributed by atoms with Crippen molar-refractivity contribution < 1.29 is 19.6 Å². The molecule has 0 aliphatic carbocycles. The van der Waals surface area contributed by atoms with E-state index in [1.165, 1.54) is 23.1 Å². The summed E-state index contributed by atoms with van der Waals surface area (Å²) in [6.07, 6.45) is 0.594. The second kappa shape index (κ2) is 5.55. The Kier molecular flexibility index (Phi) is 3.83. The SMILES string of the molecule is O=C1CN(c2c(C(=O)O)cccc2[N+](=O)[O-])CCCN1. The zero-order chi connectivity index (χ0) is 14.7. The lowest BCUT2D eigenvalue weighted by atomic mass is 10.1. The topological polar surface area (TPSA) is 113 Å². The van der Waals surface area contributed by atoms with E-state index >= 15 is 0 Å². The van der Waals surface area contributed by atoms with Crippen LogP contribution in [-0.2, 0) is 4.79 Å². The van der Waals surface area contributed by atoms with Gasteiger partial charge in [-0.1, -0.05) is 6.07 Å². The second-order valence-corrected chi connectivity index (χ2v) is 4.36. The Balaban J connectivity index is 2.54. The van der Waals surface area contributed by atoms with Gasteiger partial charge in [-0.15, -0.1) is 0 Å². The number of hydrogen-bond donors (Lipinski definition) is 2. The molecule has 1 heterocycles. The van der Waals surface area contributed by atoms with Crippen LogP contribution in [0.25, 0.3) is 0 Å². The van der Waals surface area contributed by atoms with E-state index in [4.69, 9.17) is 0 Å². The maximum absolute atomic E-state index is 11.6. The highest BCUT2D eigenvalue weighted by molar-refractivity contribution is 5.98. The number of nitro groups is 1. The van der Waals surface area contributed by atoms with Crippen LogP contribution in [0.2, 0.25) is 0 Å². The summed E-state index contributed by atoms with van der Waals surface area (Å²) in [6.45, 7) is 0.757. The first-order chi connectivity index (χ1) is 9.50. The van der Waals surface area contributed by atoms with E-state index < -0.39 is 10.9 Å². The van der Waals surface area contributed by atoms with Crippen LogP contribution in [-0.4, -0.2) is 41.5 Å². The minimum Gasteiger partial charge on any atom is -0.478 e. The van der Waals surface area contributed by atoms with Gasteiger partial charge in [-0.05, 0) is 12.5 Å². The molecule has 0 bridgehead atoms. The molecule has 0 aromatic heterocycles. The molecule has 1 saturated heterocycles. The van der Waals surface area contributed by atoms with Gasteiger partial charge in [0.15, 0.2) is 0 Å². The van der Waals surface area contributed by atoms with Gasteiger partial charge in [0.25, 0.3) is 5.69 Å². The highest BCUT2D eigenvalue weighted by Crippen LogP contribution is 2.32. The van der Waals surface area contributed by atoms with Crippen LogP contribution in [0.15, 0.2) is 18.2 Å². The van der Waals surface area contributed by atoms with Gasteiger partial charge in [0.2, 0.25) is 5.91 Å². The fraction of sp³-hybridized carbons (Fsp3) is 0.333. The van der Waals surface area contributed by atoms with E-state index in [2.05, 4.69) is 5.32 Å². The number of carboxylic acid groups (broad SMARTS) is 1. The van der Waals surface area contributed by atoms with Crippen LogP contribution in [0.4, 0.5) is 11.4 Å². The van der Waals surface area contributed by atoms with Crippen LogP contribution in [0, 0.1) is 10.1 Å². The van der Waals surface area contributed by atoms with E-state index in [0.29, 0.717) is 19.5 Å². The molecular weight excluding hydrogens is 266 g/mol. The number of nitrogens with zero attached hydrogens (tertiary/aromatic N) is 2. The normalized spacial score (nSPS) is 15.4. The average Bonchev–Trinajstić information content (AvgIpc) is 2.62. The quantitative estimate of drug-likeness (QED) is 0.619. The summed E-state index contributed by atoms with van der Waals surface area (Å²) >= 11 is 0. The first-order valence-corrected chi connectivity index (χ1v) is 6.03. The second-order valence-electron chi connectivity index (χ2n) is 4.36. The summed E-state index contributed by atoms with van der Waals surface area (Å²) in [7, 11) is 0. The van der Waals surface area contributed by atoms with Crippen molar-refractivity contribution in [3.8, 4) is 0 Å². The maximum atomic E-state index is 11.6. The third-order valence-electron chi connectivity index (χ3n) is 3.02. The molecule has 20 heavy (non-hydrogen) atoms. The van der Waals surface area contributed by atoms with E-state index in [0.717, 1.165) is 0 Å². The lowest BCUT2D eigenvalue weighted by Gasteiger charge is -2.22. The molecule has 0 radical (unpaired) electrons. The summed E-state index contributed by atoms with van der Waals surface area (Å²) in [5, 5.41) is 22.9. The predicted octanol–water partition coefficient (Wildman–Crippen LogP) is 0.619. The van der Waals surface area contributed by atoms with Crippen LogP contribution < -0.4 is 10.2 Å². The molecule has 0 unspecified atom stereocenters. The number of para-hydroxylation sites is 1. The number of carbonyl (C=O) groups is 2. The number of aromatic carboxylic acids is 1. The van der Waals surface area contributed by atoms with Crippen molar-refractivity contribution in [1.29, 1.82) is 0 Å². The first kappa shape index (κ1) is 13.8. The molecule has 1 aliphatic rings. The third kappa shape index (κ3) is 2.68. The van der Waals surface area contributed by atoms with Gasteiger partial charge in [-0.25, -0.2) is 4.79 Å². The van der Waals surface area contributed by atoms with Crippen molar-refractivity contribution in [3.05, 3.63) is 33.9 Å². The minimum absolute atomic E-state index is 0.0120. The summed E-state index contributed by atoms with van der Waals surface area (Å²) in [5.41, 5.74) is -0.490. The van der Waals surface area contributed by atoms with Crippen LogP contribution in [0.5, 0.6) is 0 Å². The van der Waals surface area contributed by atoms with E-state index in [-0.39, 0.29) is 29.4 Å². The summed E-state index contributed by atoms with van der Waals surface area (Å²) < 4.78 is 0. The minimum atomic E-state index is -1.26. The number of carbonyl (C=O) groups excluding carboxylic acids is 1. The lowest BCUT2D eigenvalue weighted by Crippen LogP contribution is -2.34. The number of nitrogens with one attached hydrogen (secondary N) is 1. The summed E-state index contributed by atoms with van der Waals surface area (Å²) in [4.78, 5) is 34.7. The van der Waals surface area contributed by atoms with Crippen LogP contribution in [0.1, 0.15) is 16.8 Å². The highest BCUT2D eigenvalue weighted by atomic mass is 16.6. The zero-order valence-electron chi connectivity index (χ0n) is 10.5. The highest BCUT2D eigenvalue weighted by Gasteiger charge is 2.28. The first-order valence-electron chi connectivity index (χ1n) is 6.03. The third-order valence-corrected chi connectivity index (χ3v) is 3.02. The Hall–Kier alpha value is -2.64. The van der Waals surface area contributed by atoms with Crippen molar-refractivity contribution in [3.63, 3.8) is 0 Å². The molecule has 2 N–H and O–H groups in total. The Morgan fingerprint density at radius 1 is 1.45 bits per heavy atom. The molecule has 0 saturated carbocycles. The summed E-state index contributed by atoms with van der Waals surface area (Å²) in [6, 6.07) is 3.86. The maximum Gasteiger partial charge on any atom is 0.338 e. The number of rotatable bonds is 3. The summed E-state index contributed by atoms with van der Waals surface area (Å²) in [5.74, 6) is -1.54. The smallest absolute Gasteiger partial charge is 0.338 e. The van der Waals surface area contributed by atoms with Gasteiger partial charge in [0, 0.05) is 19.2 Å². The molecule has 0 atom stereocenters. The molecule has 2 rings (SSSR count). The number of amides is 1. The zero-order valence-corrected chi connectivity index (χ0v) is 10.5. The van der Waals surface area contributed by atoms with Crippen molar-refractivity contribution in [2.45, 2.75) is 6.42 Å². The fourth-order valence-corrected chi connectivity index (χ4v) is 2.18. The van der Waals surface area contributed by atoms with Crippen molar-refractivity contribution in [2.24, 2.45) is 0 Å². The van der Waals surface area contributed by atoms with Gasteiger partial charge in [0.05, 0.1) is 17.0 Å². The molecule has 1 aliphatic heterocycles. The Morgan fingerprint density at radius 2 is 2.20 bits per heavy atom.